The molecule has 0 aromatic heterocycles. The number of amides is 1. The maximum absolute atomic E-state index is 11.8. The first kappa shape index (κ1) is 14.3. The van der Waals surface area contributed by atoms with E-state index in [-0.39, 0.29) is 5.91 Å². The molecule has 0 aliphatic carbocycles. The summed E-state index contributed by atoms with van der Waals surface area (Å²) in [4.78, 5) is 12.7. The van der Waals surface area contributed by atoms with Gasteiger partial charge in [0.15, 0.2) is 0 Å². The second kappa shape index (κ2) is 6.86. The van der Waals surface area contributed by atoms with Gasteiger partial charge in [-0.3, -0.25) is 15.6 Å². The van der Waals surface area contributed by atoms with Gasteiger partial charge in [-0.25, -0.2) is 0 Å². The number of hydrogen-bond donors (Lipinski definition) is 3. The zero-order valence-corrected chi connectivity index (χ0v) is 12.0. The summed E-state index contributed by atoms with van der Waals surface area (Å²) in [6.45, 7) is 0. The van der Waals surface area contributed by atoms with Crippen molar-refractivity contribution in [2.24, 2.45) is 0 Å². The van der Waals surface area contributed by atoms with Crippen LogP contribution >= 0.6 is 12.6 Å². The molecule has 0 saturated carbocycles. The molecule has 4 nitrogen and oxygen atoms in total. The molecule has 0 aliphatic heterocycles. The number of anilines is 1. The lowest BCUT2D eigenvalue weighted by Gasteiger charge is -2.09. The number of methoxy groups -OCH3 is 1. The molecule has 1 amide bonds. The number of hydrazine groups is 1. The third-order valence-electron chi connectivity index (χ3n) is 2.74. The van der Waals surface area contributed by atoms with Crippen LogP contribution in [0.4, 0.5) is 5.69 Å². The SMILES string of the molecule is COc1ccc(NNC(=O)Cc2ccc(S)cc2)cc1. The molecule has 0 bridgehead atoms. The highest BCUT2D eigenvalue weighted by Crippen LogP contribution is 2.14. The second-order valence-corrected chi connectivity index (χ2v) is 4.76. The fraction of sp³-hybridized carbons (Fsp3) is 0.133. The molecule has 0 unspecified atom stereocenters. The Labute approximate surface area is 123 Å². The molecule has 2 aromatic carbocycles. The first-order chi connectivity index (χ1) is 9.67. The Morgan fingerprint density at radius 2 is 1.75 bits per heavy atom. The van der Waals surface area contributed by atoms with E-state index in [1.165, 1.54) is 0 Å². The monoisotopic (exact) mass is 288 g/mol. The highest BCUT2D eigenvalue weighted by atomic mass is 32.1. The van der Waals surface area contributed by atoms with Crippen molar-refractivity contribution in [3.05, 3.63) is 54.1 Å². The topological polar surface area (TPSA) is 50.4 Å². The molecule has 0 heterocycles. The van der Waals surface area contributed by atoms with Gasteiger partial charge in [0.25, 0.3) is 0 Å². The first-order valence-corrected chi connectivity index (χ1v) is 6.59. The lowest BCUT2D eigenvalue weighted by Crippen LogP contribution is -2.30. The minimum absolute atomic E-state index is 0.104. The first-order valence-electron chi connectivity index (χ1n) is 6.14. The standard InChI is InChI=1S/C15H16N2O2S/c1-19-13-6-4-12(5-7-13)16-17-15(18)10-11-2-8-14(20)9-3-11/h2-9,16,20H,10H2,1H3,(H,17,18). The number of carbonyl (C=O) groups is 1. The van der Waals surface area contributed by atoms with Gasteiger partial charge < -0.3 is 4.74 Å². The smallest absolute Gasteiger partial charge is 0.242 e. The number of carbonyl (C=O) groups excluding carboxylic acids is 1. The molecule has 0 atom stereocenters. The van der Waals surface area contributed by atoms with E-state index in [9.17, 15) is 4.79 Å². The normalized spacial score (nSPS) is 9.90. The average Bonchev–Trinajstić information content (AvgIpc) is 2.48. The number of nitrogens with one attached hydrogen (secondary N) is 2. The number of ether oxygens (including phenoxy) is 1. The van der Waals surface area contributed by atoms with Crippen LogP contribution in [0.3, 0.4) is 0 Å². The van der Waals surface area contributed by atoms with Crippen LogP contribution in [0, 0.1) is 0 Å². The molecule has 2 N–H and O–H groups in total. The Balaban J connectivity index is 1.83. The average molecular weight is 288 g/mol. The van der Waals surface area contributed by atoms with Crippen molar-refractivity contribution in [2.75, 3.05) is 12.5 Å². The van der Waals surface area contributed by atoms with Crippen molar-refractivity contribution < 1.29 is 9.53 Å². The molecule has 0 fully saturated rings. The Kier molecular flexibility index (Phi) is 4.90. The van der Waals surface area contributed by atoms with Gasteiger partial charge >= 0.3 is 0 Å². The molecule has 0 spiro atoms. The van der Waals surface area contributed by atoms with E-state index in [4.69, 9.17) is 4.74 Å². The highest BCUT2D eigenvalue weighted by Gasteiger charge is 2.03. The van der Waals surface area contributed by atoms with Crippen molar-refractivity contribution in [2.45, 2.75) is 11.3 Å². The van der Waals surface area contributed by atoms with Crippen LogP contribution in [0.5, 0.6) is 5.75 Å². The molecule has 2 rings (SSSR count). The molecule has 0 saturated heterocycles. The maximum Gasteiger partial charge on any atom is 0.242 e. The zero-order chi connectivity index (χ0) is 14.4. The Morgan fingerprint density at radius 1 is 1.10 bits per heavy atom. The second-order valence-electron chi connectivity index (χ2n) is 4.24. The minimum atomic E-state index is -0.104. The van der Waals surface area contributed by atoms with E-state index in [1.807, 2.05) is 48.5 Å². The molecular formula is C15H16N2O2S. The van der Waals surface area contributed by atoms with Gasteiger partial charge in [0.1, 0.15) is 5.75 Å². The van der Waals surface area contributed by atoms with E-state index in [0.29, 0.717) is 6.42 Å². The number of rotatable bonds is 5. The van der Waals surface area contributed by atoms with E-state index in [0.717, 1.165) is 21.9 Å². The molecular weight excluding hydrogens is 272 g/mol. The fourth-order valence-corrected chi connectivity index (χ4v) is 1.81. The zero-order valence-electron chi connectivity index (χ0n) is 11.1. The largest absolute Gasteiger partial charge is 0.497 e. The summed E-state index contributed by atoms with van der Waals surface area (Å²) >= 11 is 4.20. The molecule has 20 heavy (non-hydrogen) atoms. The van der Waals surface area contributed by atoms with E-state index >= 15 is 0 Å². The number of benzene rings is 2. The predicted molar refractivity (Wildman–Crippen MR) is 82.2 cm³/mol. The van der Waals surface area contributed by atoms with Crippen LogP contribution in [0.2, 0.25) is 0 Å². The summed E-state index contributed by atoms with van der Waals surface area (Å²) in [5.41, 5.74) is 7.25. The third kappa shape index (κ3) is 4.20. The predicted octanol–water partition coefficient (Wildman–Crippen LogP) is 2.67. The minimum Gasteiger partial charge on any atom is -0.497 e. The molecule has 2 aromatic rings. The Bertz CT molecular complexity index is 567. The van der Waals surface area contributed by atoms with Crippen LogP contribution in [-0.4, -0.2) is 13.0 Å². The number of hydrogen-bond acceptors (Lipinski definition) is 4. The summed E-state index contributed by atoms with van der Waals surface area (Å²) in [5.74, 6) is 0.668. The van der Waals surface area contributed by atoms with Gasteiger partial charge in [0.05, 0.1) is 19.2 Å². The van der Waals surface area contributed by atoms with Gasteiger partial charge in [-0.2, -0.15) is 0 Å². The van der Waals surface area contributed by atoms with Crippen molar-refractivity contribution in [3.63, 3.8) is 0 Å². The lowest BCUT2D eigenvalue weighted by atomic mass is 10.1. The van der Waals surface area contributed by atoms with Crippen LogP contribution in [-0.2, 0) is 11.2 Å². The van der Waals surface area contributed by atoms with Crippen molar-refractivity contribution >= 4 is 24.2 Å². The van der Waals surface area contributed by atoms with Crippen LogP contribution in [0.1, 0.15) is 5.56 Å². The summed E-state index contributed by atoms with van der Waals surface area (Å²) < 4.78 is 5.06. The molecule has 104 valence electrons. The van der Waals surface area contributed by atoms with Crippen molar-refractivity contribution in [3.8, 4) is 5.75 Å². The van der Waals surface area contributed by atoms with Gasteiger partial charge in [-0.05, 0) is 42.0 Å². The summed E-state index contributed by atoms with van der Waals surface area (Å²) in [6.07, 6.45) is 0.317. The summed E-state index contributed by atoms with van der Waals surface area (Å²) in [5, 5.41) is 0. The van der Waals surface area contributed by atoms with Gasteiger partial charge in [0, 0.05) is 4.90 Å². The van der Waals surface area contributed by atoms with Gasteiger partial charge in [0.2, 0.25) is 5.91 Å². The Hall–Kier alpha value is -2.14. The fourth-order valence-electron chi connectivity index (χ4n) is 1.66. The van der Waals surface area contributed by atoms with Crippen LogP contribution in [0.15, 0.2) is 53.4 Å². The quantitative estimate of drug-likeness (QED) is 0.585. The third-order valence-corrected chi connectivity index (χ3v) is 3.04. The molecule has 5 heteroatoms. The molecule has 0 aliphatic rings. The summed E-state index contributed by atoms with van der Waals surface area (Å²) in [7, 11) is 1.61. The summed E-state index contributed by atoms with van der Waals surface area (Å²) in [6, 6.07) is 14.8. The lowest BCUT2D eigenvalue weighted by molar-refractivity contribution is -0.119. The van der Waals surface area contributed by atoms with Gasteiger partial charge in [-0.1, -0.05) is 12.1 Å². The van der Waals surface area contributed by atoms with Gasteiger partial charge in [-0.15, -0.1) is 12.6 Å². The van der Waals surface area contributed by atoms with Crippen molar-refractivity contribution in [1.29, 1.82) is 0 Å². The Morgan fingerprint density at radius 3 is 2.35 bits per heavy atom. The number of thiol groups is 1. The molecule has 0 radical (unpaired) electrons. The van der Waals surface area contributed by atoms with Crippen LogP contribution in [0.25, 0.3) is 0 Å². The van der Waals surface area contributed by atoms with E-state index in [2.05, 4.69) is 23.5 Å². The van der Waals surface area contributed by atoms with Crippen LogP contribution < -0.4 is 15.6 Å². The maximum atomic E-state index is 11.8. The van der Waals surface area contributed by atoms with E-state index < -0.39 is 0 Å². The van der Waals surface area contributed by atoms with E-state index in [1.54, 1.807) is 7.11 Å². The van der Waals surface area contributed by atoms with Crippen molar-refractivity contribution in [1.82, 2.24) is 5.43 Å². The highest BCUT2D eigenvalue weighted by molar-refractivity contribution is 7.80.